The molecule has 0 bridgehead atoms. The highest BCUT2D eigenvalue weighted by atomic mass is 32.1. The summed E-state index contributed by atoms with van der Waals surface area (Å²) in [5.41, 5.74) is 12.7. The number of para-hydroxylation sites is 1. The van der Waals surface area contributed by atoms with Gasteiger partial charge in [-0.25, -0.2) is 4.98 Å². The van der Waals surface area contributed by atoms with E-state index in [1.165, 1.54) is 33.0 Å². The average Bonchev–Trinajstić information content (AvgIpc) is 3.41. The third-order valence-corrected chi connectivity index (χ3v) is 9.70. The van der Waals surface area contributed by atoms with E-state index >= 15 is 0 Å². The largest absolute Gasteiger partial charge is 0.354 e. The molecule has 7 rings (SSSR count). The molecule has 1 N–H and O–H groups in total. The zero-order valence-corrected chi connectivity index (χ0v) is 30.9. The van der Waals surface area contributed by atoms with E-state index in [1.807, 2.05) is 27.7 Å². The van der Waals surface area contributed by atoms with Gasteiger partial charge in [0, 0.05) is 34.8 Å². The highest BCUT2D eigenvalue weighted by molar-refractivity contribution is 7.16. The molecule has 0 radical (unpaired) electrons. The molecule has 4 aliphatic rings. The molecule has 0 saturated carbocycles. The van der Waals surface area contributed by atoms with Gasteiger partial charge in [-0.1, -0.05) is 131 Å². The summed E-state index contributed by atoms with van der Waals surface area (Å²) < 4.78 is 0. The topological polar surface area (TPSA) is 31.9 Å². The van der Waals surface area contributed by atoms with Gasteiger partial charge >= 0.3 is 0 Å². The monoisotopic (exact) mass is 675 g/mol. The molecule has 3 nitrogen and oxygen atoms in total. The molecule has 50 heavy (non-hydrogen) atoms. The summed E-state index contributed by atoms with van der Waals surface area (Å²) in [5.74, 6) is 0. The Hall–Kier alpha value is -5.19. The molecule has 2 heterocycles. The van der Waals surface area contributed by atoms with Crippen molar-refractivity contribution in [1.29, 1.82) is 0 Å². The van der Waals surface area contributed by atoms with Crippen molar-refractivity contribution in [3.63, 3.8) is 0 Å². The van der Waals surface area contributed by atoms with Crippen LogP contribution in [-0.2, 0) is 6.42 Å². The van der Waals surface area contributed by atoms with E-state index in [4.69, 9.17) is 4.98 Å². The fourth-order valence-electron chi connectivity index (χ4n) is 6.09. The van der Waals surface area contributed by atoms with Crippen LogP contribution in [0, 0.1) is 6.92 Å². The first-order valence-corrected chi connectivity index (χ1v) is 18.7. The van der Waals surface area contributed by atoms with Crippen LogP contribution in [0.25, 0.3) is 28.3 Å². The molecule has 1 aromatic carbocycles. The van der Waals surface area contributed by atoms with Gasteiger partial charge < -0.3 is 9.88 Å². The summed E-state index contributed by atoms with van der Waals surface area (Å²) in [6.45, 7) is 14.7. The Morgan fingerprint density at radius 2 is 1.64 bits per heavy atom. The van der Waals surface area contributed by atoms with Crippen LogP contribution >= 0.6 is 11.3 Å². The van der Waals surface area contributed by atoms with E-state index in [9.17, 15) is 0 Å². The highest BCUT2D eigenvalue weighted by Crippen LogP contribution is 2.40. The molecule has 0 saturated heterocycles. The van der Waals surface area contributed by atoms with Gasteiger partial charge in [0.05, 0.1) is 16.3 Å². The van der Waals surface area contributed by atoms with Gasteiger partial charge in [0.1, 0.15) is 5.01 Å². The first-order valence-electron chi connectivity index (χ1n) is 17.9. The van der Waals surface area contributed by atoms with Gasteiger partial charge in [0.15, 0.2) is 0 Å². The molecule has 4 heteroatoms. The molecule has 0 amide bonds. The second kappa shape index (κ2) is 18.0. The number of hydrogen-bond acceptors (Lipinski definition) is 3. The number of benzene rings is 1. The number of aromatic nitrogens is 2. The number of nitrogens with zero attached hydrogens (tertiary/aromatic N) is 2. The quantitative estimate of drug-likeness (QED) is 0.253. The lowest BCUT2D eigenvalue weighted by atomic mass is 10.0. The number of thiazole rings is 1. The Balaban J connectivity index is 0.00000117. The van der Waals surface area contributed by atoms with Crippen LogP contribution in [0.4, 0.5) is 5.69 Å². The van der Waals surface area contributed by atoms with Crippen molar-refractivity contribution < 1.29 is 0 Å². The maximum atomic E-state index is 5.03. The Labute approximate surface area is 303 Å². The van der Waals surface area contributed by atoms with Crippen molar-refractivity contribution in [2.75, 3.05) is 4.90 Å². The molecule has 4 aliphatic carbocycles. The van der Waals surface area contributed by atoms with Crippen molar-refractivity contribution in [3.8, 4) is 10.6 Å². The highest BCUT2D eigenvalue weighted by Gasteiger charge is 2.22. The number of nitrogens with one attached hydrogen (secondary N) is 1. The van der Waals surface area contributed by atoms with Gasteiger partial charge in [-0.05, 0) is 91.0 Å². The van der Waals surface area contributed by atoms with Crippen LogP contribution in [0.3, 0.4) is 0 Å². The normalized spacial score (nSPS) is 15.8. The van der Waals surface area contributed by atoms with Crippen molar-refractivity contribution in [1.82, 2.24) is 9.97 Å². The summed E-state index contributed by atoms with van der Waals surface area (Å²) in [6, 6.07) is 10.6. The van der Waals surface area contributed by atoms with E-state index in [0.29, 0.717) is 0 Å². The van der Waals surface area contributed by atoms with Gasteiger partial charge in [0.25, 0.3) is 0 Å². The minimum Gasteiger partial charge on any atom is -0.354 e. The van der Waals surface area contributed by atoms with Crippen molar-refractivity contribution in [2.45, 2.75) is 60.3 Å². The summed E-state index contributed by atoms with van der Waals surface area (Å²) in [5, 5.41) is 1.06. The number of anilines is 1. The smallest absolute Gasteiger partial charge is 0.124 e. The van der Waals surface area contributed by atoms with Crippen LogP contribution in [0.2, 0.25) is 0 Å². The Morgan fingerprint density at radius 3 is 2.48 bits per heavy atom. The van der Waals surface area contributed by atoms with E-state index in [1.54, 1.807) is 11.3 Å². The number of fused-ring (bicyclic) bond motifs is 3. The van der Waals surface area contributed by atoms with Gasteiger partial charge in [-0.2, -0.15) is 0 Å². The Bertz CT molecular complexity index is 2000. The molecule has 0 fully saturated rings. The molecule has 3 aromatic rings. The van der Waals surface area contributed by atoms with Gasteiger partial charge in [-0.15, -0.1) is 11.3 Å². The lowest BCUT2D eigenvalue weighted by Crippen LogP contribution is -2.20. The van der Waals surface area contributed by atoms with E-state index in [0.717, 1.165) is 64.6 Å². The summed E-state index contributed by atoms with van der Waals surface area (Å²) in [4.78, 5) is 12.3. The number of H-pyrrole nitrogens is 1. The average molecular weight is 676 g/mol. The number of rotatable bonds is 7. The molecule has 0 aliphatic heterocycles. The Morgan fingerprint density at radius 1 is 0.840 bits per heavy atom. The third kappa shape index (κ3) is 8.33. The lowest BCUT2D eigenvalue weighted by Gasteiger charge is -2.28. The van der Waals surface area contributed by atoms with Crippen LogP contribution in [-0.4, -0.2) is 9.97 Å². The third-order valence-electron chi connectivity index (χ3n) is 8.57. The number of aromatic amines is 1. The first-order chi connectivity index (χ1) is 24.7. The molecule has 0 atom stereocenters. The Kier molecular flexibility index (Phi) is 13.0. The minimum absolute atomic E-state index is 0.819. The standard InChI is InChI=1S/C42H37N3S.2C2H6/c1-30(32-18-14-23-36(28-27-32)45(35-21-12-7-13-22-35)34-19-10-5-6-11-20-34)26-29-38-31(2)37-24-15-25-39-41(40(37)43-38)46-42(44-39)33-16-8-3-4-9-17-33;2*1-2/h3-5,7-8,10-22,25-29,43H,1,6,9,23-24H2,2H3;2*1-2H3/b29-26-;;. The molecule has 0 unspecified atom stereocenters. The predicted molar refractivity (Wildman–Crippen MR) is 221 cm³/mol. The van der Waals surface area contributed by atoms with Crippen molar-refractivity contribution in [3.05, 3.63) is 184 Å². The number of allylic oxidation sites excluding steroid dienone is 19. The van der Waals surface area contributed by atoms with Gasteiger partial charge in [-0.3, -0.25) is 0 Å². The zero-order chi connectivity index (χ0) is 35.3. The van der Waals surface area contributed by atoms with E-state index in [2.05, 4.69) is 163 Å². The van der Waals surface area contributed by atoms with E-state index < -0.39 is 0 Å². The molecule has 2 aromatic heterocycles. The second-order valence-electron chi connectivity index (χ2n) is 11.6. The predicted octanol–water partition coefficient (Wildman–Crippen LogP) is 13.2. The van der Waals surface area contributed by atoms with Crippen LogP contribution in [0.15, 0.2) is 157 Å². The van der Waals surface area contributed by atoms with Crippen molar-refractivity contribution in [2.24, 2.45) is 0 Å². The zero-order valence-electron chi connectivity index (χ0n) is 30.1. The maximum absolute atomic E-state index is 5.03. The molecule has 254 valence electrons. The lowest BCUT2D eigenvalue weighted by molar-refractivity contribution is 1.04. The number of hydrogen-bond donors (Lipinski definition) is 1. The SMILES string of the molecule is C=C(/C=C\c1[nH]c2c(c1C)CC=Cc1nc(C3=CCC=CC=C3)sc1-2)C1=CC=C(N(C2=CC=CCC=C2)c2ccccc2)CC=C1.CC.CC. The van der Waals surface area contributed by atoms with Gasteiger partial charge in [0.2, 0.25) is 0 Å². The van der Waals surface area contributed by atoms with Crippen LogP contribution in [0.5, 0.6) is 0 Å². The fraction of sp³-hybridized carbons (Fsp3) is 0.196. The maximum Gasteiger partial charge on any atom is 0.124 e. The summed E-state index contributed by atoms with van der Waals surface area (Å²) in [7, 11) is 0. The van der Waals surface area contributed by atoms with E-state index in [-0.39, 0.29) is 0 Å². The fourth-order valence-corrected chi connectivity index (χ4v) is 7.20. The molecular formula is C46H49N3S. The summed E-state index contributed by atoms with van der Waals surface area (Å²) in [6.07, 6.45) is 42.9. The van der Waals surface area contributed by atoms with Crippen LogP contribution < -0.4 is 4.90 Å². The van der Waals surface area contributed by atoms with Crippen LogP contribution in [0.1, 0.15) is 74.5 Å². The minimum atomic E-state index is 0.819. The molecule has 0 spiro atoms. The van der Waals surface area contributed by atoms with Crippen molar-refractivity contribution >= 4 is 34.7 Å². The summed E-state index contributed by atoms with van der Waals surface area (Å²) >= 11 is 1.77. The molecular weight excluding hydrogens is 627 g/mol. The second-order valence-corrected chi connectivity index (χ2v) is 12.6. The first kappa shape index (κ1) is 36.1.